The van der Waals surface area contributed by atoms with E-state index in [2.05, 4.69) is 61.5 Å². The Balaban J connectivity index is 1.57. The van der Waals surface area contributed by atoms with E-state index >= 15 is 0 Å². The second-order valence-corrected chi connectivity index (χ2v) is 9.35. The fraction of sp³-hybridized carbons (Fsp3) is 0.375. The van der Waals surface area contributed by atoms with E-state index in [0.717, 1.165) is 45.2 Å². The van der Waals surface area contributed by atoms with Gasteiger partial charge < -0.3 is 19.9 Å². The number of aromatic amines is 1. The zero-order valence-electron chi connectivity index (χ0n) is 18.4. The molecule has 1 saturated heterocycles. The van der Waals surface area contributed by atoms with E-state index in [-0.39, 0.29) is 17.9 Å². The first-order valence-electron chi connectivity index (χ1n) is 10.8. The Hall–Kier alpha value is -2.87. The van der Waals surface area contributed by atoms with Gasteiger partial charge >= 0.3 is 6.09 Å². The molecule has 0 aliphatic carbocycles. The van der Waals surface area contributed by atoms with Crippen molar-refractivity contribution in [2.45, 2.75) is 38.8 Å². The van der Waals surface area contributed by atoms with Crippen LogP contribution >= 0.6 is 15.9 Å². The van der Waals surface area contributed by atoms with Crippen molar-refractivity contribution in [3.63, 3.8) is 0 Å². The van der Waals surface area contributed by atoms with Crippen LogP contribution in [0.15, 0.2) is 47.1 Å². The number of benzene rings is 2. The van der Waals surface area contributed by atoms with Crippen molar-refractivity contribution in [3.8, 4) is 11.3 Å². The molecule has 0 radical (unpaired) electrons. The topological polar surface area (TPSA) is 87.3 Å². The third-order valence-corrected chi connectivity index (χ3v) is 6.44. The zero-order valence-corrected chi connectivity index (χ0v) is 20.0. The fourth-order valence-electron chi connectivity index (χ4n) is 4.23. The quantitative estimate of drug-likeness (QED) is 0.515. The number of ether oxygens (including phenoxy) is 1. The van der Waals surface area contributed by atoms with Crippen molar-refractivity contribution in [2.24, 2.45) is 5.92 Å². The minimum Gasteiger partial charge on any atom is -0.453 e. The van der Waals surface area contributed by atoms with Crippen molar-refractivity contribution >= 4 is 38.7 Å². The first-order chi connectivity index (χ1) is 15.4. The van der Waals surface area contributed by atoms with Gasteiger partial charge in [-0.15, -0.1) is 0 Å². The summed E-state index contributed by atoms with van der Waals surface area (Å²) >= 11 is 3.51. The van der Waals surface area contributed by atoms with Crippen molar-refractivity contribution in [1.82, 2.24) is 20.2 Å². The van der Waals surface area contributed by atoms with Crippen LogP contribution in [0.25, 0.3) is 22.0 Å². The van der Waals surface area contributed by atoms with Gasteiger partial charge in [-0.3, -0.25) is 4.79 Å². The molecule has 4 rings (SSSR count). The van der Waals surface area contributed by atoms with Crippen molar-refractivity contribution in [3.05, 3.63) is 52.9 Å². The smallest absolute Gasteiger partial charge is 0.407 e. The highest BCUT2D eigenvalue weighted by Crippen LogP contribution is 2.33. The third kappa shape index (κ3) is 4.50. The van der Waals surface area contributed by atoms with Crippen molar-refractivity contribution in [1.29, 1.82) is 0 Å². The number of amides is 2. The number of rotatable bonds is 5. The SMILES string of the molecule is COC(=O)NC(C(=O)N1CCCC1c1ncc(-c2ccc3cc(Br)ccc3c2)[nH]1)C(C)C. The van der Waals surface area contributed by atoms with Gasteiger partial charge in [-0.25, -0.2) is 9.78 Å². The van der Waals surface area contributed by atoms with Crippen LogP contribution in [-0.2, 0) is 9.53 Å². The predicted octanol–water partition coefficient (Wildman–Crippen LogP) is 5.04. The Bertz CT molecular complexity index is 1140. The summed E-state index contributed by atoms with van der Waals surface area (Å²) in [7, 11) is 1.30. The Morgan fingerprint density at radius 2 is 1.97 bits per heavy atom. The minimum atomic E-state index is -0.641. The largest absolute Gasteiger partial charge is 0.453 e. The Morgan fingerprint density at radius 3 is 2.72 bits per heavy atom. The summed E-state index contributed by atoms with van der Waals surface area (Å²) in [4.78, 5) is 34.9. The molecule has 1 aromatic heterocycles. The lowest BCUT2D eigenvalue weighted by atomic mass is 10.0. The van der Waals surface area contributed by atoms with E-state index in [1.165, 1.54) is 7.11 Å². The Kier molecular flexibility index (Phi) is 6.50. The minimum absolute atomic E-state index is 0.0624. The summed E-state index contributed by atoms with van der Waals surface area (Å²) < 4.78 is 5.75. The second kappa shape index (κ2) is 9.32. The molecule has 2 aromatic carbocycles. The number of nitrogens with one attached hydrogen (secondary N) is 2. The van der Waals surface area contributed by atoms with E-state index in [1.807, 2.05) is 31.0 Å². The maximum Gasteiger partial charge on any atom is 0.407 e. The van der Waals surface area contributed by atoms with Gasteiger partial charge in [-0.2, -0.15) is 0 Å². The maximum atomic E-state index is 13.3. The molecular weight excluding hydrogens is 472 g/mol. The number of carbonyl (C=O) groups excluding carboxylic acids is 2. The molecule has 2 heterocycles. The number of alkyl carbamates (subject to hydrolysis) is 1. The molecule has 3 aromatic rings. The Morgan fingerprint density at radius 1 is 1.22 bits per heavy atom. The fourth-order valence-corrected chi connectivity index (χ4v) is 4.61. The lowest BCUT2D eigenvalue weighted by Gasteiger charge is -2.30. The number of hydrogen-bond acceptors (Lipinski definition) is 4. The highest BCUT2D eigenvalue weighted by atomic mass is 79.9. The summed E-state index contributed by atoms with van der Waals surface area (Å²) in [5.41, 5.74) is 1.96. The molecule has 1 fully saturated rings. The van der Waals surface area contributed by atoms with Gasteiger partial charge in [0.05, 0.1) is 25.0 Å². The number of hydrogen-bond donors (Lipinski definition) is 2. The molecule has 1 aliphatic heterocycles. The summed E-state index contributed by atoms with van der Waals surface area (Å²) in [5, 5.41) is 4.99. The van der Waals surface area contributed by atoms with Crippen molar-refractivity contribution in [2.75, 3.05) is 13.7 Å². The first kappa shape index (κ1) is 22.3. The summed E-state index contributed by atoms with van der Waals surface area (Å²) in [6.45, 7) is 4.45. The highest BCUT2D eigenvalue weighted by molar-refractivity contribution is 9.10. The molecule has 0 bridgehead atoms. The molecule has 2 N–H and O–H groups in total. The van der Waals surface area contributed by atoms with Gasteiger partial charge in [-0.1, -0.05) is 48.0 Å². The van der Waals surface area contributed by atoms with Crippen LogP contribution in [0.3, 0.4) is 0 Å². The standard InChI is InChI=1S/C24H27BrN4O3/c1-14(2)21(28-24(31)32-3)23(30)29-10-4-5-20(29)22-26-13-19(27-22)17-7-6-16-12-18(25)9-8-15(16)11-17/h6-9,11-14,20-21H,4-5,10H2,1-3H3,(H,26,27)(H,28,31). The van der Waals surface area contributed by atoms with Gasteiger partial charge in [0.25, 0.3) is 0 Å². The number of likely N-dealkylation sites (tertiary alicyclic amines) is 1. The second-order valence-electron chi connectivity index (χ2n) is 8.44. The van der Waals surface area contributed by atoms with E-state index in [1.54, 1.807) is 0 Å². The van der Waals surface area contributed by atoms with Crippen LogP contribution in [0.5, 0.6) is 0 Å². The molecule has 168 valence electrons. The number of methoxy groups -OCH3 is 1. The zero-order chi connectivity index (χ0) is 22.8. The molecule has 8 heteroatoms. The lowest BCUT2D eigenvalue weighted by molar-refractivity contribution is -0.135. The highest BCUT2D eigenvalue weighted by Gasteiger charge is 2.37. The number of halogens is 1. The summed E-state index contributed by atoms with van der Waals surface area (Å²) in [6, 6.07) is 11.7. The molecule has 1 aliphatic rings. The van der Waals surface area contributed by atoms with E-state index in [4.69, 9.17) is 4.74 Å². The molecule has 2 unspecified atom stereocenters. The van der Waals surface area contributed by atoms with Gasteiger partial charge in [-0.05, 0) is 47.7 Å². The molecule has 2 atom stereocenters. The van der Waals surface area contributed by atoms with Crippen LogP contribution in [0, 0.1) is 5.92 Å². The van der Waals surface area contributed by atoms with E-state index in [0.29, 0.717) is 6.54 Å². The van der Waals surface area contributed by atoms with Gasteiger partial charge in [0.2, 0.25) is 5.91 Å². The van der Waals surface area contributed by atoms with Crippen LogP contribution in [0.4, 0.5) is 4.79 Å². The molecule has 0 spiro atoms. The molecule has 32 heavy (non-hydrogen) atoms. The number of H-pyrrole nitrogens is 1. The van der Waals surface area contributed by atoms with Crippen molar-refractivity contribution < 1.29 is 14.3 Å². The monoisotopic (exact) mass is 498 g/mol. The van der Waals surface area contributed by atoms with Gasteiger partial charge in [0, 0.05) is 16.6 Å². The number of nitrogens with zero attached hydrogens (tertiary/aromatic N) is 2. The maximum absolute atomic E-state index is 13.3. The summed E-state index contributed by atoms with van der Waals surface area (Å²) in [6.07, 6.45) is 2.94. The number of carbonyl (C=O) groups is 2. The van der Waals surface area contributed by atoms with E-state index < -0.39 is 12.1 Å². The third-order valence-electron chi connectivity index (χ3n) is 5.95. The molecule has 2 amide bonds. The van der Waals surface area contributed by atoms with Gasteiger partial charge in [0.1, 0.15) is 11.9 Å². The van der Waals surface area contributed by atoms with Crippen LogP contribution in [0.2, 0.25) is 0 Å². The normalized spacial score (nSPS) is 17.0. The van der Waals surface area contributed by atoms with Crippen LogP contribution < -0.4 is 5.32 Å². The molecule has 0 saturated carbocycles. The number of aromatic nitrogens is 2. The predicted molar refractivity (Wildman–Crippen MR) is 127 cm³/mol. The number of fused-ring (bicyclic) bond motifs is 1. The molecule has 7 nitrogen and oxygen atoms in total. The van der Waals surface area contributed by atoms with E-state index in [9.17, 15) is 9.59 Å². The van der Waals surface area contributed by atoms with Gasteiger partial charge in [0.15, 0.2) is 0 Å². The first-order valence-corrected chi connectivity index (χ1v) is 11.6. The summed E-state index contributed by atoms with van der Waals surface area (Å²) in [5.74, 6) is 0.595. The Labute approximate surface area is 195 Å². The van der Waals surface area contributed by atoms with Crippen LogP contribution in [-0.4, -0.2) is 46.6 Å². The lowest BCUT2D eigenvalue weighted by Crippen LogP contribution is -2.51. The average Bonchev–Trinajstić information content (AvgIpc) is 3.45. The average molecular weight is 499 g/mol. The number of imidazole rings is 1. The van der Waals surface area contributed by atoms with Crippen LogP contribution in [0.1, 0.15) is 38.6 Å². The molecular formula is C24H27BrN4O3.